The SMILES string of the molecule is C=C.C=C(OC)/C(F)=C(/F)C(=C)C(C)CCC(C)/C=C/c1ccc(O)c(F)c1F. The number of halogens is 4. The molecule has 2 atom stereocenters. The van der Waals surface area contributed by atoms with Gasteiger partial charge in [-0.3, -0.25) is 0 Å². The summed E-state index contributed by atoms with van der Waals surface area (Å²) in [5.74, 6) is -6.19. The van der Waals surface area contributed by atoms with Crippen LogP contribution in [-0.2, 0) is 4.74 Å². The van der Waals surface area contributed by atoms with Gasteiger partial charge in [-0.05, 0) is 42.4 Å². The Morgan fingerprint density at radius 1 is 1.07 bits per heavy atom. The van der Waals surface area contributed by atoms with Crippen molar-refractivity contribution in [3.05, 3.63) is 84.7 Å². The first-order valence-electron chi connectivity index (χ1n) is 8.92. The van der Waals surface area contributed by atoms with Crippen molar-refractivity contribution < 1.29 is 27.4 Å². The first-order valence-corrected chi connectivity index (χ1v) is 8.92. The van der Waals surface area contributed by atoms with Gasteiger partial charge in [0.15, 0.2) is 23.2 Å². The number of ether oxygens (including phenoxy) is 1. The van der Waals surface area contributed by atoms with Crippen LogP contribution in [0.2, 0.25) is 0 Å². The molecule has 0 amide bonds. The van der Waals surface area contributed by atoms with E-state index in [1.807, 2.05) is 6.92 Å². The molecule has 0 saturated heterocycles. The quantitative estimate of drug-likeness (QED) is 0.198. The number of hydrogen-bond acceptors (Lipinski definition) is 2. The van der Waals surface area contributed by atoms with E-state index in [-0.39, 0.29) is 23.0 Å². The molecule has 0 saturated carbocycles. The third-order valence-corrected chi connectivity index (χ3v) is 4.31. The van der Waals surface area contributed by atoms with E-state index in [0.717, 1.165) is 6.07 Å². The third-order valence-electron chi connectivity index (χ3n) is 4.31. The molecule has 6 heteroatoms. The molecule has 160 valence electrons. The van der Waals surface area contributed by atoms with Gasteiger partial charge < -0.3 is 9.84 Å². The van der Waals surface area contributed by atoms with Crippen LogP contribution in [0.15, 0.2) is 67.5 Å². The highest BCUT2D eigenvalue weighted by Gasteiger charge is 2.19. The van der Waals surface area contributed by atoms with Crippen LogP contribution in [0.1, 0.15) is 32.3 Å². The summed E-state index contributed by atoms with van der Waals surface area (Å²) in [7, 11) is 1.19. The van der Waals surface area contributed by atoms with Crippen LogP contribution in [0.3, 0.4) is 0 Å². The molecule has 1 aromatic carbocycles. The molecule has 1 aromatic rings. The maximum Gasteiger partial charge on any atom is 0.200 e. The molecule has 29 heavy (non-hydrogen) atoms. The molecular formula is C23H28F4O2. The zero-order chi connectivity index (χ0) is 22.7. The van der Waals surface area contributed by atoms with E-state index < -0.39 is 34.8 Å². The first kappa shape index (κ1) is 26.2. The maximum absolute atomic E-state index is 14.0. The van der Waals surface area contributed by atoms with E-state index in [2.05, 4.69) is 31.1 Å². The van der Waals surface area contributed by atoms with Crippen molar-refractivity contribution in [3.8, 4) is 5.75 Å². The van der Waals surface area contributed by atoms with Crippen LogP contribution in [0.25, 0.3) is 6.08 Å². The number of allylic oxidation sites excluding steroid dienone is 4. The molecule has 1 rings (SSSR count). The van der Waals surface area contributed by atoms with Gasteiger partial charge in [0.25, 0.3) is 0 Å². The van der Waals surface area contributed by atoms with Crippen LogP contribution < -0.4 is 0 Å². The van der Waals surface area contributed by atoms with Crippen molar-refractivity contribution in [1.29, 1.82) is 0 Å². The minimum atomic E-state index is -1.29. The van der Waals surface area contributed by atoms with E-state index in [0.29, 0.717) is 12.8 Å². The fourth-order valence-electron chi connectivity index (χ4n) is 2.30. The van der Waals surface area contributed by atoms with E-state index in [9.17, 15) is 17.6 Å². The number of rotatable bonds is 9. The summed E-state index contributed by atoms with van der Waals surface area (Å²) in [4.78, 5) is 0. The molecule has 0 aliphatic heterocycles. The topological polar surface area (TPSA) is 29.5 Å². The summed E-state index contributed by atoms with van der Waals surface area (Å²) in [6.07, 6.45) is 4.21. The molecule has 2 nitrogen and oxygen atoms in total. The van der Waals surface area contributed by atoms with Gasteiger partial charge in [-0.1, -0.05) is 39.2 Å². The van der Waals surface area contributed by atoms with E-state index >= 15 is 0 Å². The number of benzene rings is 1. The average molecular weight is 412 g/mol. The lowest BCUT2D eigenvalue weighted by atomic mass is 9.91. The largest absolute Gasteiger partial charge is 0.505 e. The lowest BCUT2D eigenvalue weighted by Gasteiger charge is -2.16. The van der Waals surface area contributed by atoms with Gasteiger partial charge in [0.05, 0.1) is 7.11 Å². The zero-order valence-electron chi connectivity index (χ0n) is 17.1. The molecule has 0 fully saturated rings. The highest BCUT2D eigenvalue weighted by atomic mass is 19.2. The third kappa shape index (κ3) is 7.64. The molecule has 1 N–H and O–H groups in total. The molecule has 2 unspecified atom stereocenters. The molecule has 0 aliphatic rings. The normalized spacial score (nSPS) is 13.8. The molecule has 0 aliphatic carbocycles. The lowest BCUT2D eigenvalue weighted by molar-refractivity contribution is 0.280. The summed E-state index contributed by atoms with van der Waals surface area (Å²) < 4.78 is 59.4. The van der Waals surface area contributed by atoms with Crippen LogP contribution in [0, 0.1) is 23.5 Å². The Balaban J connectivity index is 0.00000379. The Kier molecular flexibility index (Phi) is 11.4. The van der Waals surface area contributed by atoms with Crippen molar-refractivity contribution in [1.82, 2.24) is 0 Å². The second-order valence-electron chi connectivity index (χ2n) is 6.40. The Morgan fingerprint density at radius 3 is 2.21 bits per heavy atom. The van der Waals surface area contributed by atoms with E-state index in [1.54, 1.807) is 13.0 Å². The van der Waals surface area contributed by atoms with Gasteiger partial charge in [-0.15, -0.1) is 13.2 Å². The molecule has 0 heterocycles. The minimum absolute atomic E-state index is 0.00790. The van der Waals surface area contributed by atoms with Gasteiger partial charge in [-0.2, -0.15) is 8.78 Å². The number of hydrogen-bond donors (Lipinski definition) is 1. The zero-order valence-corrected chi connectivity index (χ0v) is 17.1. The van der Waals surface area contributed by atoms with Gasteiger partial charge in [-0.25, -0.2) is 8.78 Å². The molecule has 0 radical (unpaired) electrons. The van der Waals surface area contributed by atoms with Crippen LogP contribution in [-0.4, -0.2) is 12.2 Å². The molecule has 0 aromatic heterocycles. The summed E-state index contributed by atoms with van der Waals surface area (Å²) in [5.41, 5.74) is 0.0252. The smallest absolute Gasteiger partial charge is 0.200 e. The van der Waals surface area contributed by atoms with Gasteiger partial charge in [0.1, 0.15) is 5.76 Å². The minimum Gasteiger partial charge on any atom is -0.505 e. The Hall–Kier alpha value is -2.76. The van der Waals surface area contributed by atoms with Crippen LogP contribution >= 0.6 is 0 Å². The number of methoxy groups -OCH3 is 1. The summed E-state index contributed by atoms with van der Waals surface area (Å²) in [5, 5.41) is 9.11. The summed E-state index contributed by atoms with van der Waals surface area (Å²) in [6.45, 7) is 16.4. The van der Waals surface area contributed by atoms with Crippen LogP contribution in [0.5, 0.6) is 5.75 Å². The van der Waals surface area contributed by atoms with Gasteiger partial charge in [0.2, 0.25) is 5.82 Å². The van der Waals surface area contributed by atoms with Crippen molar-refractivity contribution in [2.75, 3.05) is 7.11 Å². The van der Waals surface area contributed by atoms with Crippen molar-refractivity contribution in [2.45, 2.75) is 26.7 Å². The number of phenolic OH excluding ortho intramolecular Hbond substituents is 1. The standard InChI is InChI=1S/C21H24F4O2.C2H4/c1-12(7-9-16-10-11-17(26)21(25)20(16)24)6-8-13(2)14(3)18(22)19(23)15(4)27-5;1-2/h7,9-13,26H,3-4,6,8H2,1-2,5H3;1-2H2/b9-7+,19-18-;. The van der Waals surface area contributed by atoms with E-state index in [4.69, 9.17) is 5.11 Å². The maximum atomic E-state index is 14.0. The monoisotopic (exact) mass is 412 g/mol. The van der Waals surface area contributed by atoms with Crippen LogP contribution in [0.4, 0.5) is 17.6 Å². The fourth-order valence-corrected chi connectivity index (χ4v) is 2.30. The fraction of sp³-hybridized carbons (Fsp3) is 0.304. The Morgan fingerprint density at radius 2 is 1.66 bits per heavy atom. The second-order valence-corrected chi connectivity index (χ2v) is 6.40. The molecule has 0 spiro atoms. The van der Waals surface area contributed by atoms with Crippen molar-refractivity contribution in [3.63, 3.8) is 0 Å². The first-order chi connectivity index (χ1) is 13.6. The number of phenols is 1. The van der Waals surface area contributed by atoms with E-state index in [1.165, 1.54) is 19.3 Å². The Bertz CT molecular complexity index is 781. The molecular weight excluding hydrogens is 384 g/mol. The van der Waals surface area contributed by atoms with Gasteiger partial charge in [0, 0.05) is 5.56 Å². The van der Waals surface area contributed by atoms with Crippen molar-refractivity contribution in [2.24, 2.45) is 11.8 Å². The predicted molar refractivity (Wildman–Crippen MR) is 110 cm³/mol. The predicted octanol–water partition coefficient (Wildman–Crippen LogP) is 7.41. The molecule has 0 bridgehead atoms. The number of aromatic hydroxyl groups is 1. The average Bonchev–Trinajstić information content (AvgIpc) is 2.74. The highest BCUT2D eigenvalue weighted by molar-refractivity contribution is 5.52. The second kappa shape index (κ2) is 12.6. The Labute approximate surface area is 170 Å². The van der Waals surface area contributed by atoms with Gasteiger partial charge >= 0.3 is 0 Å². The lowest BCUT2D eigenvalue weighted by Crippen LogP contribution is -2.04. The van der Waals surface area contributed by atoms with Crippen molar-refractivity contribution >= 4 is 6.08 Å². The highest BCUT2D eigenvalue weighted by Crippen LogP contribution is 2.30. The summed E-state index contributed by atoms with van der Waals surface area (Å²) in [6, 6.07) is 2.35. The summed E-state index contributed by atoms with van der Waals surface area (Å²) >= 11 is 0.